The molecule has 0 radical (unpaired) electrons. The molecule has 2 heterocycles. The second-order valence-corrected chi connectivity index (χ2v) is 6.41. The lowest BCUT2D eigenvalue weighted by atomic mass is 9.96. The summed E-state index contributed by atoms with van der Waals surface area (Å²) in [6, 6.07) is 10.6. The molecule has 2 aromatic rings. The van der Waals surface area contributed by atoms with Crippen LogP contribution in [0.3, 0.4) is 0 Å². The Kier molecular flexibility index (Phi) is 3.83. The Hall–Kier alpha value is -1.65. The first kappa shape index (κ1) is 14.3. The number of aromatic nitrogens is 2. The Bertz CT molecular complexity index is 588. The average molecular weight is 284 g/mol. The molecule has 0 saturated carbocycles. The third-order valence-electron chi connectivity index (χ3n) is 4.44. The first-order chi connectivity index (χ1) is 10.1. The lowest BCUT2D eigenvalue weighted by molar-refractivity contribution is 0.0516. The molecule has 0 spiro atoms. The average Bonchev–Trinajstić information content (AvgIpc) is 2.97. The Balaban J connectivity index is 1.82. The first-order valence-electron chi connectivity index (χ1n) is 7.65. The molecule has 1 atom stereocenters. The molecule has 1 aromatic carbocycles. The van der Waals surface area contributed by atoms with E-state index in [0.29, 0.717) is 6.04 Å². The summed E-state index contributed by atoms with van der Waals surface area (Å²) in [5, 5.41) is 8.00. The topological polar surface area (TPSA) is 33.1 Å². The van der Waals surface area contributed by atoms with Crippen molar-refractivity contribution < 1.29 is 0 Å². The highest BCUT2D eigenvalue weighted by atomic mass is 15.3. The van der Waals surface area contributed by atoms with E-state index in [2.05, 4.69) is 54.4 Å². The molecule has 1 N–H and O–H groups in total. The third kappa shape index (κ3) is 2.87. The smallest absolute Gasteiger partial charge is 0.0645 e. The molecule has 0 aliphatic carbocycles. The molecule has 4 nitrogen and oxygen atoms in total. The van der Waals surface area contributed by atoms with Gasteiger partial charge in [0.15, 0.2) is 0 Å². The van der Waals surface area contributed by atoms with Crippen molar-refractivity contribution in [1.29, 1.82) is 0 Å². The highest BCUT2D eigenvalue weighted by Gasteiger charge is 2.33. The number of benzene rings is 1. The second-order valence-electron chi connectivity index (χ2n) is 6.41. The Morgan fingerprint density at radius 2 is 2.00 bits per heavy atom. The Morgan fingerprint density at radius 3 is 2.71 bits per heavy atom. The van der Waals surface area contributed by atoms with Gasteiger partial charge in [0.2, 0.25) is 0 Å². The first-order valence-corrected chi connectivity index (χ1v) is 7.65. The van der Waals surface area contributed by atoms with Crippen LogP contribution in [0.15, 0.2) is 42.7 Å². The maximum Gasteiger partial charge on any atom is 0.0645 e. The number of rotatable bonds is 3. The van der Waals surface area contributed by atoms with Gasteiger partial charge in [-0.05, 0) is 32.9 Å². The predicted molar refractivity (Wildman–Crippen MR) is 85.6 cm³/mol. The summed E-state index contributed by atoms with van der Waals surface area (Å²) in [4.78, 5) is 2.57. The number of hydrogen-bond donors (Lipinski definition) is 1. The van der Waals surface area contributed by atoms with Gasteiger partial charge in [0.05, 0.1) is 11.9 Å². The van der Waals surface area contributed by atoms with Crippen LogP contribution in [0.2, 0.25) is 0 Å². The summed E-state index contributed by atoms with van der Waals surface area (Å²) in [5.74, 6) is 0. The Labute approximate surface area is 126 Å². The van der Waals surface area contributed by atoms with E-state index in [1.165, 1.54) is 5.56 Å². The zero-order valence-corrected chi connectivity index (χ0v) is 13.1. The van der Waals surface area contributed by atoms with Crippen molar-refractivity contribution in [1.82, 2.24) is 20.0 Å². The van der Waals surface area contributed by atoms with Crippen LogP contribution < -0.4 is 5.32 Å². The lowest BCUT2D eigenvalue weighted by Crippen LogP contribution is -2.58. The van der Waals surface area contributed by atoms with Gasteiger partial charge in [-0.1, -0.05) is 18.2 Å². The summed E-state index contributed by atoms with van der Waals surface area (Å²) in [6.07, 6.45) is 4.15. The molecule has 1 unspecified atom stereocenters. The highest BCUT2D eigenvalue weighted by Crippen LogP contribution is 2.29. The summed E-state index contributed by atoms with van der Waals surface area (Å²) >= 11 is 0. The maximum atomic E-state index is 4.52. The third-order valence-corrected chi connectivity index (χ3v) is 4.44. The molecule has 1 saturated heterocycles. The van der Waals surface area contributed by atoms with Crippen molar-refractivity contribution in [2.24, 2.45) is 0 Å². The zero-order valence-electron chi connectivity index (χ0n) is 13.1. The Morgan fingerprint density at radius 1 is 1.24 bits per heavy atom. The van der Waals surface area contributed by atoms with Crippen molar-refractivity contribution >= 4 is 0 Å². The summed E-state index contributed by atoms with van der Waals surface area (Å²) in [7, 11) is 0. The minimum Gasteiger partial charge on any atom is -0.314 e. The molecule has 21 heavy (non-hydrogen) atoms. The van der Waals surface area contributed by atoms with E-state index in [0.717, 1.165) is 25.3 Å². The van der Waals surface area contributed by atoms with Crippen LogP contribution in [-0.2, 0) is 0 Å². The van der Waals surface area contributed by atoms with Crippen molar-refractivity contribution in [3.05, 3.63) is 48.3 Å². The number of nitrogens with one attached hydrogen (secondary N) is 1. The van der Waals surface area contributed by atoms with Gasteiger partial charge in [0.25, 0.3) is 0 Å². The molecule has 0 bridgehead atoms. The van der Waals surface area contributed by atoms with E-state index in [1.807, 2.05) is 29.1 Å². The van der Waals surface area contributed by atoms with Crippen molar-refractivity contribution in [2.75, 3.05) is 19.6 Å². The van der Waals surface area contributed by atoms with Crippen LogP contribution in [0, 0.1) is 0 Å². The number of piperazine rings is 1. The van der Waals surface area contributed by atoms with Crippen molar-refractivity contribution in [3.63, 3.8) is 0 Å². The van der Waals surface area contributed by atoms with Gasteiger partial charge in [-0.25, -0.2) is 4.68 Å². The molecular weight excluding hydrogens is 260 g/mol. The number of hydrogen-bond acceptors (Lipinski definition) is 3. The minimum atomic E-state index is 0.173. The van der Waals surface area contributed by atoms with E-state index >= 15 is 0 Å². The van der Waals surface area contributed by atoms with E-state index in [4.69, 9.17) is 0 Å². The van der Waals surface area contributed by atoms with Crippen molar-refractivity contribution in [3.8, 4) is 5.69 Å². The van der Waals surface area contributed by atoms with Gasteiger partial charge >= 0.3 is 0 Å². The fourth-order valence-electron chi connectivity index (χ4n) is 3.17. The molecule has 112 valence electrons. The molecule has 3 rings (SSSR count). The predicted octanol–water partition coefficient (Wildman–Crippen LogP) is 2.62. The molecule has 1 fully saturated rings. The van der Waals surface area contributed by atoms with E-state index in [1.54, 1.807) is 0 Å². The molecular formula is C17H24N4. The van der Waals surface area contributed by atoms with Gasteiger partial charge in [-0.2, -0.15) is 5.10 Å². The van der Waals surface area contributed by atoms with Gasteiger partial charge in [-0.15, -0.1) is 0 Å². The van der Waals surface area contributed by atoms with E-state index < -0.39 is 0 Å². The maximum absolute atomic E-state index is 4.52. The van der Waals surface area contributed by atoms with Crippen LogP contribution in [-0.4, -0.2) is 39.9 Å². The van der Waals surface area contributed by atoms with Crippen LogP contribution in [0.4, 0.5) is 0 Å². The lowest BCUT2D eigenvalue weighted by Gasteiger charge is -2.46. The van der Waals surface area contributed by atoms with Crippen LogP contribution in [0.25, 0.3) is 5.69 Å². The fraction of sp³-hybridized carbons (Fsp3) is 0.471. The highest BCUT2D eigenvalue weighted by molar-refractivity contribution is 5.31. The van der Waals surface area contributed by atoms with Gasteiger partial charge in [0.1, 0.15) is 0 Å². The minimum absolute atomic E-state index is 0.173. The number of nitrogens with zero attached hydrogens (tertiary/aromatic N) is 3. The molecule has 0 amide bonds. The van der Waals surface area contributed by atoms with Gasteiger partial charge < -0.3 is 5.32 Å². The zero-order chi connectivity index (χ0) is 14.9. The normalized spacial score (nSPS) is 20.3. The van der Waals surface area contributed by atoms with Gasteiger partial charge in [0, 0.05) is 43.0 Å². The van der Waals surface area contributed by atoms with Crippen LogP contribution in [0.1, 0.15) is 32.4 Å². The SMILES string of the molecule is CC(c1cnn(-c2ccccc2)c1)N1CCNCC1(C)C. The molecule has 1 aromatic heterocycles. The van der Waals surface area contributed by atoms with Gasteiger partial charge in [-0.3, -0.25) is 4.90 Å². The van der Waals surface area contributed by atoms with E-state index in [9.17, 15) is 0 Å². The quantitative estimate of drug-likeness (QED) is 0.940. The summed E-state index contributed by atoms with van der Waals surface area (Å²) in [6.45, 7) is 10.0. The van der Waals surface area contributed by atoms with Crippen LogP contribution >= 0.6 is 0 Å². The standard InChI is InChI=1S/C17H24N4/c1-14(20-10-9-18-13-17(20,2)3)15-11-19-21(12-15)16-7-5-4-6-8-16/h4-8,11-12,14,18H,9-10,13H2,1-3H3. The molecule has 4 heteroatoms. The van der Waals surface area contributed by atoms with Crippen LogP contribution in [0.5, 0.6) is 0 Å². The molecule has 1 aliphatic rings. The summed E-state index contributed by atoms with van der Waals surface area (Å²) < 4.78 is 1.96. The largest absolute Gasteiger partial charge is 0.314 e. The summed E-state index contributed by atoms with van der Waals surface area (Å²) in [5.41, 5.74) is 2.55. The van der Waals surface area contributed by atoms with Crippen molar-refractivity contribution in [2.45, 2.75) is 32.4 Å². The molecule has 1 aliphatic heterocycles. The fourth-order valence-corrected chi connectivity index (χ4v) is 3.17. The number of para-hydroxylation sites is 1. The second kappa shape index (κ2) is 5.62. The van der Waals surface area contributed by atoms with E-state index in [-0.39, 0.29) is 5.54 Å². The monoisotopic (exact) mass is 284 g/mol.